The first-order chi connectivity index (χ1) is 12.5. The number of rotatable bonds is 4. The highest BCUT2D eigenvalue weighted by Gasteiger charge is 2.47. The van der Waals surface area contributed by atoms with E-state index in [0.717, 1.165) is 31.0 Å². The van der Waals surface area contributed by atoms with Gasteiger partial charge >= 0.3 is 0 Å². The molecule has 6 rings (SSSR count). The highest BCUT2D eigenvalue weighted by molar-refractivity contribution is 7.90. The fraction of sp³-hybridized carbons (Fsp3) is 0.500. The molecule has 4 aliphatic rings. The van der Waals surface area contributed by atoms with Crippen LogP contribution in [0.3, 0.4) is 0 Å². The van der Waals surface area contributed by atoms with Gasteiger partial charge in [0.15, 0.2) is 9.84 Å². The summed E-state index contributed by atoms with van der Waals surface area (Å²) in [6.07, 6.45) is 8.10. The van der Waals surface area contributed by atoms with E-state index in [0.29, 0.717) is 16.6 Å². The van der Waals surface area contributed by atoms with Crippen LogP contribution in [0.2, 0.25) is 0 Å². The molecular formula is C18H21N5O2S. The predicted molar refractivity (Wildman–Crippen MR) is 98.2 cm³/mol. The Bertz CT molecular complexity index is 948. The molecule has 26 heavy (non-hydrogen) atoms. The Morgan fingerprint density at radius 1 is 1.12 bits per heavy atom. The molecule has 1 aliphatic carbocycles. The summed E-state index contributed by atoms with van der Waals surface area (Å²) >= 11 is 0. The van der Waals surface area contributed by atoms with Crippen LogP contribution in [0.4, 0.5) is 11.6 Å². The van der Waals surface area contributed by atoms with E-state index in [1.807, 2.05) is 0 Å². The van der Waals surface area contributed by atoms with Crippen LogP contribution in [-0.4, -0.2) is 54.8 Å². The first-order valence-corrected chi connectivity index (χ1v) is 10.9. The number of pyridine rings is 1. The van der Waals surface area contributed by atoms with Gasteiger partial charge in [0.25, 0.3) is 0 Å². The molecule has 0 spiro atoms. The zero-order valence-electron chi connectivity index (χ0n) is 14.6. The zero-order chi connectivity index (χ0) is 17.9. The fourth-order valence-electron chi connectivity index (χ4n) is 4.14. The summed E-state index contributed by atoms with van der Waals surface area (Å²) in [4.78, 5) is 18.1. The molecule has 8 heteroatoms. The van der Waals surface area contributed by atoms with Crippen molar-refractivity contribution in [1.82, 2.24) is 15.0 Å². The Kier molecular flexibility index (Phi) is 3.47. The zero-order valence-corrected chi connectivity index (χ0v) is 15.4. The topological polar surface area (TPSA) is 79.3 Å². The second-order valence-corrected chi connectivity index (χ2v) is 9.51. The number of piperidine rings is 1. The molecule has 2 aromatic rings. The molecule has 2 bridgehead atoms. The molecule has 2 atom stereocenters. The number of hydrogen-bond acceptors (Lipinski definition) is 7. The molecular weight excluding hydrogens is 350 g/mol. The number of anilines is 2. The molecule has 3 aliphatic heterocycles. The quantitative estimate of drug-likeness (QED) is 0.808. The molecule has 1 saturated carbocycles. The molecule has 0 amide bonds. The minimum absolute atomic E-state index is 0.267. The molecule has 2 unspecified atom stereocenters. The van der Waals surface area contributed by atoms with Crippen LogP contribution in [0.25, 0.3) is 0 Å². The van der Waals surface area contributed by atoms with Gasteiger partial charge in [0.1, 0.15) is 22.9 Å². The van der Waals surface area contributed by atoms with Crippen LogP contribution >= 0.6 is 0 Å². The highest BCUT2D eigenvalue weighted by atomic mass is 32.2. The maximum atomic E-state index is 12.1. The van der Waals surface area contributed by atoms with E-state index in [-0.39, 0.29) is 12.1 Å². The SMILES string of the molecule is CS(=O)(=O)c1cccnc1N1C2CC1CN(c1cc(C3CC3)ncn1)C2. The van der Waals surface area contributed by atoms with Crippen molar-refractivity contribution < 1.29 is 8.42 Å². The molecule has 2 aromatic heterocycles. The Morgan fingerprint density at radius 2 is 1.88 bits per heavy atom. The van der Waals surface area contributed by atoms with Gasteiger partial charge in [-0.1, -0.05) is 0 Å². The van der Waals surface area contributed by atoms with Crippen LogP contribution in [0.5, 0.6) is 0 Å². The van der Waals surface area contributed by atoms with Crippen LogP contribution in [0.1, 0.15) is 30.9 Å². The highest BCUT2D eigenvalue weighted by Crippen LogP contribution is 2.42. The molecule has 3 saturated heterocycles. The Hall–Kier alpha value is -2.22. The third kappa shape index (κ3) is 2.63. The van der Waals surface area contributed by atoms with E-state index < -0.39 is 9.84 Å². The Labute approximate surface area is 153 Å². The molecule has 4 fully saturated rings. The number of piperazine rings is 1. The molecule has 136 valence electrons. The number of aromatic nitrogens is 3. The number of sulfone groups is 1. The third-order valence-electron chi connectivity index (χ3n) is 5.58. The summed E-state index contributed by atoms with van der Waals surface area (Å²) < 4.78 is 24.2. The summed E-state index contributed by atoms with van der Waals surface area (Å²) in [6.45, 7) is 1.66. The summed E-state index contributed by atoms with van der Waals surface area (Å²) in [5, 5.41) is 0. The van der Waals surface area contributed by atoms with Crippen LogP contribution in [0, 0.1) is 0 Å². The Balaban J connectivity index is 1.39. The van der Waals surface area contributed by atoms with E-state index in [1.54, 1.807) is 24.7 Å². The summed E-state index contributed by atoms with van der Waals surface area (Å²) in [5.41, 5.74) is 1.15. The van der Waals surface area contributed by atoms with Gasteiger partial charge in [-0.05, 0) is 31.4 Å². The maximum absolute atomic E-state index is 12.1. The van der Waals surface area contributed by atoms with Crippen molar-refractivity contribution >= 4 is 21.5 Å². The lowest BCUT2D eigenvalue weighted by atomic mass is 9.87. The summed E-state index contributed by atoms with van der Waals surface area (Å²) in [6, 6.07) is 5.99. The van der Waals surface area contributed by atoms with Crippen molar-refractivity contribution in [2.75, 3.05) is 29.1 Å². The van der Waals surface area contributed by atoms with Gasteiger partial charge in [0.05, 0.1) is 12.1 Å². The predicted octanol–water partition coefficient (Wildman–Crippen LogP) is 1.62. The molecule has 7 nitrogen and oxygen atoms in total. The van der Waals surface area contributed by atoms with E-state index in [1.165, 1.54) is 19.1 Å². The average molecular weight is 371 g/mol. The first kappa shape index (κ1) is 16.0. The standard InChI is InChI=1S/C18H21N5O2S/c1-26(24,25)16-3-2-6-19-18(16)23-13-7-14(23)10-22(9-13)17-8-15(12-4-5-12)20-11-21-17/h2-3,6,8,11-14H,4-5,7,9-10H2,1H3. The smallest absolute Gasteiger partial charge is 0.179 e. The molecule has 0 radical (unpaired) electrons. The van der Waals surface area contributed by atoms with Crippen molar-refractivity contribution in [3.63, 3.8) is 0 Å². The van der Waals surface area contributed by atoms with Crippen molar-refractivity contribution in [2.45, 2.75) is 42.2 Å². The van der Waals surface area contributed by atoms with Gasteiger partial charge in [0.2, 0.25) is 0 Å². The molecule has 5 heterocycles. The van der Waals surface area contributed by atoms with Gasteiger partial charge in [0, 0.05) is 43.2 Å². The minimum atomic E-state index is -3.30. The number of nitrogens with zero attached hydrogens (tertiary/aromatic N) is 5. The summed E-state index contributed by atoms with van der Waals surface area (Å²) in [5.74, 6) is 2.19. The second-order valence-electron chi connectivity index (χ2n) is 7.53. The van der Waals surface area contributed by atoms with Gasteiger partial charge in [-0.2, -0.15) is 0 Å². The largest absolute Gasteiger partial charge is 0.352 e. The van der Waals surface area contributed by atoms with Gasteiger partial charge < -0.3 is 9.80 Å². The number of fused-ring (bicyclic) bond motifs is 2. The van der Waals surface area contributed by atoms with Gasteiger partial charge in [-0.15, -0.1) is 0 Å². The molecule has 0 aromatic carbocycles. The van der Waals surface area contributed by atoms with Crippen molar-refractivity contribution in [1.29, 1.82) is 0 Å². The normalized spacial score (nSPS) is 25.1. The van der Waals surface area contributed by atoms with Crippen molar-refractivity contribution in [2.24, 2.45) is 0 Å². The fourth-order valence-corrected chi connectivity index (χ4v) is 4.96. The lowest BCUT2D eigenvalue weighted by Crippen LogP contribution is -2.69. The van der Waals surface area contributed by atoms with Crippen molar-refractivity contribution in [3.05, 3.63) is 36.4 Å². The summed E-state index contributed by atoms with van der Waals surface area (Å²) in [7, 11) is -3.30. The van der Waals surface area contributed by atoms with Gasteiger partial charge in [-0.3, -0.25) is 0 Å². The lowest BCUT2D eigenvalue weighted by Gasteiger charge is -2.57. The monoisotopic (exact) mass is 371 g/mol. The lowest BCUT2D eigenvalue weighted by molar-refractivity contribution is 0.286. The van der Waals surface area contributed by atoms with Crippen LogP contribution < -0.4 is 9.80 Å². The number of hydrogen-bond donors (Lipinski definition) is 0. The third-order valence-corrected chi connectivity index (χ3v) is 6.70. The Morgan fingerprint density at radius 3 is 2.58 bits per heavy atom. The van der Waals surface area contributed by atoms with Gasteiger partial charge in [-0.25, -0.2) is 23.4 Å². The van der Waals surface area contributed by atoms with E-state index >= 15 is 0 Å². The van der Waals surface area contributed by atoms with E-state index in [9.17, 15) is 8.42 Å². The van der Waals surface area contributed by atoms with E-state index in [2.05, 4.69) is 30.8 Å². The van der Waals surface area contributed by atoms with Crippen LogP contribution in [-0.2, 0) is 9.84 Å². The second kappa shape index (κ2) is 5.64. The minimum Gasteiger partial charge on any atom is -0.352 e. The maximum Gasteiger partial charge on any atom is 0.179 e. The van der Waals surface area contributed by atoms with Crippen LogP contribution in [0.15, 0.2) is 35.6 Å². The molecule has 0 N–H and O–H groups in total. The van der Waals surface area contributed by atoms with E-state index in [4.69, 9.17) is 0 Å². The average Bonchev–Trinajstić information content (AvgIpc) is 3.47. The first-order valence-electron chi connectivity index (χ1n) is 9.01. The van der Waals surface area contributed by atoms with Crippen molar-refractivity contribution in [3.8, 4) is 0 Å².